The highest BCUT2D eigenvalue weighted by Crippen LogP contribution is 2.35. The lowest BCUT2D eigenvalue weighted by atomic mass is 9.85. The molecular weight excluding hydrogens is 252 g/mol. The molecule has 2 aliphatic rings. The molecule has 3 atom stereocenters. The Bertz CT molecular complexity index is 527. The van der Waals surface area contributed by atoms with E-state index in [0.717, 1.165) is 5.56 Å². The summed E-state index contributed by atoms with van der Waals surface area (Å²) in [7, 11) is 0. The normalized spacial score (nSPS) is 26.8. The molecule has 3 rings (SSSR count). The average Bonchev–Trinajstić information content (AvgIpc) is 2.74. The van der Waals surface area contributed by atoms with Gasteiger partial charge in [0.05, 0.1) is 11.8 Å². The molecule has 1 unspecified atom stereocenters. The lowest BCUT2D eigenvalue weighted by Gasteiger charge is -2.20. The molecule has 1 heterocycles. The number of rotatable bonds is 3. The molecule has 104 valence electrons. The van der Waals surface area contributed by atoms with Crippen LogP contribution in [0.15, 0.2) is 42.5 Å². The van der Waals surface area contributed by atoms with Crippen molar-refractivity contribution in [3.8, 4) is 0 Å². The first kappa shape index (κ1) is 13.1. The van der Waals surface area contributed by atoms with Gasteiger partial charge in [-0.3, -0.25) is 14.5 Å². The first-order chi connectivity index (χ1) is 9.68. The highest BCUT2D eigenvalue weighted by Gasteiger charge is 2.47. The Morgan fingerprint density at radius 3 is 2.15 bits per heavy atom. The predicted octanol–water partition coefficient (Wildman–Crippen LogP) is 1.64. The van der Waals surface area contributed by atoms with Crippen LogP contribution in [-0.4, -0.2) is 23.3 Å². The number of hydrogen-bond acceptors (Lipinski definition) is 3. The van der Waals surface area contributed by atoms with Gasteiger partial charge in [-0.25, -0.2) is 0 Å². The Morgan fingerprint density at radius 2 is 1.60 bits per heavy atom. The topological polar surface area (TPSA) is 63.4 Å². The fourth-order valence-electron chi connectivity index (χ4n) is 3.05. The zero-order valence-corrected chi connectivity index (χ0v) is 11.2. The second kappa shape index (κ2) is 5.21. The maximum absolute atomic E-state index is 12.3. The van der Waals surface area contributed by atoms with Gasteiger partial charge in [-0.15, -0.1) is 0 Å². The molecule has 1 aliphatic carbocycles. The molecule has 2 N–H and O–H groups in total. The zero-order valence-electron chi connectivity index (χ0n) is 11.2. The molecule has 1 aromatic carbocycles. The van der Waals surface area contributed by atoms with E-state index in [-0.39, 0.29) is 36.2 Å². The van der Waals surface area contributed by atoms with Gasteiger partial charge in [0.2, 0.25) is 11.8 Å². The van der Waals surface area contributed by atoms with Gasteiger partial charge in [0.25, 0.3) is 0 Å². The summed E-state index contributed by atoms with van der Waals surface area (Å²) in [5.74, 6) is -0.461. The smallest absolute Gasteiger partial charge is 0.233 e. The van der Waals surface area contributed by atoms with Gasteiger partial charge in [0.15, 0.2) is 0 Å². The summed E-state index contributed by atoms with van der Waals surface area (Å²) in [5, 5.41) is 0. The van der Waals surface area contributed by atoms with Crippen molar-refractivity contribution in [2.45, 2.75) is 18.9 Å². The van der Waals surface area contributed by atoms with Crippen molar-refractivity contribution in [1.82, 2.24) is 4.90 Å². The molecule has 4 heteroatoms. The summed E-state index contributed by atoms with van der Waals surface area (Å²) in [6.07, 6.45) is 5.33. The summed E-state index contributed by atoms with van der Waals surface area (Å²) < 4.78 is 0. The van der Waals surface area contributed by atoms with Crippen LogP contribution in [0.2, 0.25) is 0 Å². The molecule has 0 bridgehead atoms. The molecule has 0 saturated carbocycles. The van der Waals surface area contributed by atoms with E-state index in [2.05, 4.69) is 0 Å². The number of nitrogens with zero attached hydrogens (tertiary/aromatic N) is 1. The van der Waals surface area contributed by atoms with Crippen LogP contribution in [0.5, 0.6) is 0 Å². The highest BCUT2D eigenvalue weighted by molar-refractivity contribution is 6.05. The molecule has 1 saturated heterocycles. The second-order valence-electron chi connectivity index (χ2n) is 5.46. The quantitative estimate of drug-likeness (QED) is 0.671. The van der Waals surface area contributed by atoms with Gasteiger partial charge in [-0.05, 0) is 18.4 Å². The average molecular weight is 270 g/mol. The fourth-order valence-corrected chi connectivity index (χ4v) is 3.05. The van der Waals surface area contributed by atoms with Gasteiger partial charge in [-0.1, -0.05) is 42.5 Å². The Balaban J connectivity index is 1.75. The van der Waals surface area contributed by atoms with Gasteiger partial charge < -0.3 is 5.73 Å². The van der Waals surface area contributed by atoms with Crippen LogP contribution in [0.1, 0.15) is 24.4 Å². The number of hydrogen-bond donors (Lipinski definition) is 1. The molecule has 1 fully saturated rings. The maximum Gasteiger partial charge on any atom is 0.233 e. The number of carbonyl (C=O) groups is 2. The van der Waals surface area contributed by atoms with Crippen LogP contribution in [-0.2, 0) is 9.59 Å². The maximum atomic E-state index is 12.3. The summed E-state index contributed by atoms with van der Waals surface area (Å²) in [6, 6.07) is 9.26. The molecule has 4 nitrogen and oxygen atoms in total. The van der Waals surface area contributed by atoms with E-state index in [1.165, 1.54) is 4.90 Å². The van der Waals surface area contributed by atoms with Crippen molar-refractivity contribution in [2.24, 2.45) is 17.6 Å². The number of nitrogens with two attached hydrogens (primary N) is 1. The standard InChI is InChI=1S/C16H18N2O2/c17-14(11-6-2-1-3-7-11)10-18-15(19)12-8-4-5-9-13(12)16(18)20/h1-7,12-14H,8-10,17H2/t12-,13+,14?. The van der Waals surface area contributed by atoms with Crippen LogP contribution >= 0.6 is 0 Å². The Labute approximate surface area is 118 Å². The van der Waals surface area contributed by atoms with Gasteiger partial charge in [0, 0.05) is 12.6 Å². The lowest BCUT2D eigenvalue weighted by molar-refractivity contribution is -0.140. The van der Waals surface area contributed by atoms with Crippen LogP contribution in [0.3, 0.4) is 0 Å². The van der Waals surface area contributed by atoms with E-state index < -0.39 is 0 Å². The molecular formula is C16H18N2O2. The number of carbonyl (C=O) groups excluding carboxylic acids is 2. The summed E-state index contributed by atoms with van der Waals surface area (Å²) in [6.45, 7) is 0.272. The highest BCUT2D eigenvalue weighted by atomic mass is 16.2. The van der Waals surface area contributed by atoms with E-state index in [0.29, 0.717) is 12.8 Å². The SMILES string of the molecule is NC(CN1C(=O)[C@H]2CC=CC[C@H]2C1=O)c1ccccc1. The monoisotopic (exact) mass is 270 g/mol. The van der Waals surface area contributed by atoms with Crippen LogP contribution in [0.4, 0.5) is 0 Å². The number of imide groups is 1. The summed E-state index contributed by atoms with van der Waals surface area (Å²) in [4.78, 5) is 26.0. The van der Waals surface area contributed by atoms with E-state index in [4.69, 9.17) is 5.73 Å². The minimum atomic E-state index is -0.322. The summed E-state index contributed by atoms with van der Waals surface area (Å²) >= 11 is 0. The molecule has 20 heavy (non-hydrogen) atoms. The first-order valence-electron chi connectivity index (χ1n) is 6.99. The third kappa shape index (κ3) is 2.16. The fraction of sp³-hybridized carbons (Fsp3) is 0.375. The largest absolute Gasteiger partial charge is 0.322 e. The minimum Gasteiger partial charge on any atom is -0.322 e. The molecule has 1 aliphatic heterocycles. The molecule has 0 radical (unpaired) electrons. The number of amides is 2. The number of allylic oxidation sites excluding steroid dienone is 2. The van der Waals surface area contributed by atoms with Crippen molar-refractivity contribution < 1.29 is 9.59 Å². The first-order valence-corrected chi connectivity index (χ1v) is 6.99. The zero-order chi connectivity index (χ0) is 14.1. The van der Waals surface area contributed by atoms with Crippen LogP contribution < -0.4 is 5.73 Å². The predicted molar refractivity (Wildman–Crippen MR) is 75.4 cm³/mol. The molecule has 1 aromatic rings. The minimum absolute atomic E-state index is 0.0595. The van der Waals surface area contributed by atoms with Crippen LogP contribution in [0.25, 0.3) is 0 Å². The Hall–Kier alpha value is -1.94. The molecule has 2 amide bonds. The lowest BCUT2D eigenvalue weighted by Crippen LogP contribution is -2.37. The van der Waals surface area contributed by atoms with Crippen molar-refractivity contribution >= 4 is 11.8 Å². The second-order valence-corrected chi connectivity index (χ2v) is 5.46. The van der Waals surface area contributed by atoms with Crippen molar-refractivity contribution in [3.63, 3.8) is 0 Å². The van der Waals surface area contributed by atoms with Gasteiger partial charge in [-0.2, -0.15) is 0 Å². The summed E-state index contributed by atoms with van der Waals surface area (Å²) in [5.41, 5.74) is 7.07. The molecule has 0 aromatic heterocycles. The van der Waals surface area contributed by atoms with E-state index in [1.807, 2.05) is 42.5 Å². The van der Waals surface area contributed by atoms with Crippen molar-refractivity contribution in [1.29, 1.82) is 0 Å². The van der Waals surface area contributed by atoms with E-state index in [9.17, 15) is 9.59 Å². The van der Waals surface area contributed by atoms with Crippen molar-refractivity contribution in [2.75, 3.05) is 6.54 Å². The number of likely N-dealkylation sites (tertiary alicyclic amines) is 1. The Morgan fingerprint density at radius 1 is 1.05 bits per heavy atom. The van der Waals surface area contributed by atoms with E-state index >= 15 is 0 Å². The van der Waals surface area contributed by atoms with Crippen molar-refractivity contribution in [3.05, 3.63) is 48.0 Å². The number of benzene rings is 1. The van der Waals surface area contributed by atoms with Crippen LogP contribution in [0, 0.1) is 11.8 Å². The Kier molecular flexibility index (Phi) is 3.40. The third-order valence-electron chi connectivity index (χ3n) is 4.21. The van der Waals surface area contributed by atoms with E-state index in [1.54, 1.807) is 0 Å². The van der Waals surface area contributed by atoms with Gasteiger partial charge in [0.1, 0.15) is 0 Å². The third-order valence-corrected chi connectivity index (χ3v) is 4.21. The number of fused-ring (bicyclic) bond motifs is 1. The molecule has 0 spiro atoms. The van der Waals surface area contributed by atoms with Gasteiger partial charge >= 0.3 is 0 Å².